The average molecular weight is 330 g/mol. The number of nitrogens with one attached hydrogen (secondary N) is 1. The lowest BCUT2D eigenvalue weighted by molar-refractivity contribution is -0.137. The van der Waals surface area contributed by atoms with Crippen LogP contribution in [0.25, 0.3) is 0 Å². The number of carboxylic acid groups (broad SMARTS) is 1. The van der Waals surface area contributed by atoms with Gasteiger partial charge in [0, 0.05) is 17.8 Å². The molecule has 1 amide bonds. The van der Waals surface area contributed by atoms with Gasteiger partial charge in [0.15, 0.2) is 0 Å². The van der Waals surface area contributed by atoms with E-state index in [1.165, 1.54) is 14.0 Å². The highest BCUT2D eigenvalue weighted by molar-refractivity contribution is 9.10. The first-order chi connectivity index (χ1) is 8.95. The summed E-state index contributed by atoms with van der Waals surface area (Å²) in [5, 5.41) is 11.4. The summed E-state index contributed by atoms with van der Waals surface area (Å²) in [6.07, 6.45) is 1.12. The van der Waals surface area contributed by atoms with Crippen LogP contribution in [0.4, 0.5) is 5.69 Å². The van der Waals surface area contributed by atoms with Gasteiger partial charge >= 0.3 is 5.97 Å². The summed E-state index contributed by atoms with van der Waals surface area (Å²) in [7, 11) is 1.52. The van der Waals surface area contributed by atoms with Gasteiger partial charge in [-0.05, 0) is 30.5 Å². The fourth-order valence-corrected chi connectivity index (χ4v) is 2.27. The van der Waals surface area contributed by atoms with Gasteiger partial charge in [-0.25, -0.2) is 0 Å². The second-order valence-corrected chi connectivity index (χ2v) is 4.89. The predicted octanol–water partition coefficient (Wildman–Crippen LogP) is 2.82. The van der Waals surface area contributed by atoms with E-state index in [-0.39, 0.29) is 12.3 Å². The number of amides is 1. The van der Waals surface area contributed by atoms with Gasteiger partial charge < -0.3 is 15.2 Å². The van der Waals surface area contributed by atoms with E-state index in [1.54, 1.807) is 6.07 Å². The maximum absolute atomic E-state index is 11.3. The van der Waals surface area contributed by atoms with Crippen molar-refractivity contribution in [2.45, 2.75) is 26.2 Å². The molecule has 0 spiro atoms. The highest BCUT2D eigenvalue weighted by Gasteiger charge is 2.14. The van der Waals surface area contributed by atoms with E-state index >= 15 is 0 Å². The van der Waals surface area contributed by atoms with Crippen molar-refractivity contribution < 1.29 is 19.4 Å². The molecule has 1 rings (SSSR count). The molecule has 0 saturated carbocycles. The fourth-order valence-electron chi connectivity index (χ4n) is 1.74. The van der Waals surface area contributed by atoms with Crippen LogP contribution in [0.2, 0.25) is 0 Å². The third kappa shape index (κ3) is 4.55. The van der Waals surface area contributed by atoms with Gasteiger partial charge in [0.2, 0.25) is 5.91 Å². The molecule has 0 heterocycles. The highest BCUT2D eigenvalue weighted by atomic mass is 79.9. The molecule has 19 heavy (non-hydrogen) atoms. The molecular weight excluding hydrogens is 314 g/mol. The van der Waals surface area contributed by atoms with E-state index in [4.69, 9.17) is 9.84 Å². The monoisotopic (exact) mass is 329 g/mol. The van der Waals surface area contributed by atoms with E-state index in [0.717, 1.165) is 10.0 Å². The van der Waals surface area contributed by atoms with Crippen molar-refractivity contribution in [1.82, 2.24) is 0 Å². The third-order valence-corrected chi connectivity index (χ3v) is 3.30. The Balaban J connectivity index is 3.03. The predicted molar refractivity (Wildman–Crippen MR) is 75.6 cm³/mol. The molecular formula is C13H16BrNO4. The van der Waals surface area contributed by atoms with E-state index in [2.05, 4.69) is 21.2 Å². The zero-order chi connectivity index (χ0) is 14.4. The van der Waals surface area contributed by atoms with Crippen molar-refractivity contribution in [2.75, 3.05) is 12.4 Å². The van der Waals surface area contributed by atoms with Gasteiger partial charge in [-0.1, -0.05) is 15.9 Å². The second-order valence-electron chi connectivity index (χ2n) is 4.03. The summed E-state index contributed by atoms with van der Waals surface area (Å²) in [6, 6.07) is 3.57. The topological polar surface area (TPSA) is 75.6 Å². The number of rotatable bonds is 6. The van der Waals surface area contributed by atoms with Crippen LogP contribution in [0.15, 0.2) is 16.6 Å². The molecule has 0 aliphatic heterocycles. The number of benzene rings is 1. The molecule has 5 nitrogen and oxygen atoms in total. The van der Waals surface area contributed by atoms with Crippen LogP contribution in [0.3, 0.4) is 0 Å². The number of methoxy groups -OCH3 is 1. The highest BCUT2D eigenvalue weighted by Crippen LogP contribution is 2.35. The standard InChI is InChI=1S/C13H16BrNO4/c1-8(16)15-13-9(4-3-5-12(17)18)10(14)6-7-11(13)19-2/h6-7H,3-5H2,1-2H3,(H,15,16)(H,17,18). The lowest BCUT2D eigenvalue weighted by Gasteiger charge is -2.15. The Morgan fingerprint density at radius 1 is 1.42 bits per heavy atom. The minimum Gasteiger partial charge on any atom is -0.495 e. The Morgan fingerprint density at radius 3 is 2.63 bits per heavy atom. The van der Waals surface area contributed by atoms with Crippen molar-refractivity contribution in [2.24, 2.45) is 0 Å². The minimum atomic E-state index is -0.833. The number of carbonyl (C=O) groups is 2. The molecule has 0 aliphatic rings. The first-order valence-electron chi connectivity index (χ1n) is 5.80. The third-order valence-electron chi connectivity index (χ3n) is 2.56. The second kappa shape index (κ2) is 7.13. The van der Waals surface area contributed by atoms with Gasteiger partial charge in [0.25, 0.3) is 0 Å². The van der Waals surface area contributed by atoms with E-state index < -0.39 is 5.97 Å². The molecule has 0 atom stereocenters. The van der Waals surface area contributed by atoms with Crippen molar-refractivity contribution in [3.8, 4) is 5.75 Å². The fraction of sp³-hybridized carbons (Fsp3) is 0.385. The van der Waals surface area contributed by atoms with Crippen LogP contribution in [-0.2, 0) is 16.0 Å². The van der Waals surface area contributed by atoms with Gasteiger partial charge in [-0.15, -0.1) is 0 Å². The zero-order valence-electron chi connectivity index (χ0n) is 10.8. The summed E-state index contributed by atoms with van der Waals surface area (Å²) >= 11 is 3.41. The molecule has 0 aliphatic carbocycles. The Kier molecular flexibility index (Phi) is 5.82. The molecule has 0 aromatic heterocycles. The van der Waals surface area contributed by atoms with E-state index in [0.29, 0.717) is 24.3 Å². The maximum Gasteiger partial charge on any atom is 0.303 e. The molecule has 6 heteroatoms. The molecule has 0 bridgehead atoms. The Labute approximate surface area is 120 Å². The normalized spacial score (nSPS) is 10.1. The number of anilines is 1. The zero-order valence-corrected chi connectivity index (χ0v) is 12.4. The summed E-state index contributed by atoms with van der Waals surface area (Å²) in [5.74, 6) is -0.472. The largest absolute Gasteiger partial charge is 0.495 e. The van der Waals surface area contributed by atoms with Crippen LogP contribution >= 0.6 is 15.9 Å². The first kappa shape index (κ1) is 15.5. The Hall–Kier alpha value is -1.56. The maximum atomic E-state index is 11.3. The van der Waals surface area contributed by atoms with Gasteiger partial charge in [0.05, 0.1) is 12.8 Å². The van der Waals surface area contributed by atoms with Crippen LogP contribution in [0, 0.1) is 0 Å². The molecule has 1 aromatic rings. The van der Waals surface area contributed by atoms with E-state index in [9.17, 15) is 9.59 Å². The van der Waals surface area contributed by atoms with Crippen molar-refractivity contribution in [3.63, 3.8) is 0 Å². The number of carboxylic acids is 1. The number of aliphatic carboxylic acids is 1. The molecule has 0 fully saturated rings. The summed E-state index contributed by atoms with van der Waals surface area (Å²) < 4.78 is 6.04. The van der Waals surface area contributed by atoms with Crippen molar-refractivity contribution >= 4 is 33.5 Å². The molecule has 0 unspecified atom stereocenters. The quantitative estimate of drug-likeness (QED) is 0.841. The van der Waals surface area contributed by atoms with Gasteiger partial charge in [-0.3, -0.25) is 9.59 Å². The van der Waals surface area contributed by atoms with Crippen molar-refractivity contribution in [3.05, 3.63) is 22.2 Å². The lowest BCUT2D eigenvalue weighted by atomic mass is 10.0. The Morgan fingerprint density at radius 2 is 2.11 bits per heavy atom. The molecule has 1 aromatic carbocycles. The van der Waals surface area contributed by atoms with Crippen LogP contribution in [-0.4, -0.2) is 24.1 Å². The first-order valence-corrected chi connectivity index (χ1v) is 6.59. The minimum absolute atomic E-state index is 0.0865. The molecule has 104 valence electrons. The smallest absolute Gasteiger partial charge is 0.303 e. The number of halogens is 1. The van der Waals surface area contributed by atoms with E-state index in [1.807, 2.05) is 6.07 Å². The number of carbonyl (C=O) groups excluding carboxylic acids is 1. The molecule has 2 N–H and O–H groups in total. The molecule has 0 radical (unpaired) electrons. The number of hydrogen-bond acceptors (Lipinski definition) is 3. The average Bonchev–Trinajstić information content (AvgIpc) is 2.32. The summed E-state index contributed by atoms with van der Waals surface area (Å²) in [5.41, 5.74) is 1.44. The van der Waals surface area contributed by atoms with Crippen LogP contribution in [0.5, 0.6) is 5.75 Å². The summed E-state index contributed by atoms with van der Waals surface area (Å²) in [6.45, 7) is 1.42. The van der Waals surface area contributed by atoms with Gasteiger partial charge in [0.1, 0.15) is 5.75 Å². The number of hydrogen-bond donors (Lipinski definition) is 2. The van der Waals surface area contributed by atoms with Crippen molar-refractivity contribution in [1.29, 1.82) is 0 Å². The Bertz CT molecular complexity index is 488. The SMILES string of the molecule is COc1ccc(Br)c(CCCC(=O)O)c1NC(C)=O. The lowest BCUT2D eigenvalue weighted by Crippen LogP contribution is -2.10. The number of ether oxygens (including phenoxy) is 1. The summed E-state index contributed by atoms with van der Waals surface area (Å²) in [4.78, 5) is 21.8. The molecule has 0 saturated heterocycles. The van der Waals surface area contributed by atoms with Crippen LogP contribution in [0.1, 0.15) is 25.3 Å². The van der Waals surface area contributed by atoms with Crippen LogP contribution < -0.4 is 10.1 Å². The van der Waals surface area contributed by atoms with Gasteiger partial charge in [-0.2, -0.15) is 0 Å².